The van der Waals surface area contributed by atoms with Gasteiger partial charge in [-0.15, -0.1) is 5.10 Å². The number of benzene rings is 1. The number of rotatable bonds is 6. The van der Waals surface area contributed by atoms with Crippen LogP contribution in [0.1, 0.15) is 49.6 Å². The summed E-state index contributed by atoms with van der Waals surface area (Å²) in [4.78, 5) is 55.6. The fourth-order valence-electron chi connectivity index (χ4n) is 5.50. The first-order chi connectivity index (χ1) is 20.2. The summed E-state index contributed by atoms with van der Waals surface area (Å²) in [5.41, 5.74) is 2.34. The predicted molar refractivity (Wildman–Crippen MR) is 151 cm³/mol. The molecule has 13 heteroatoms. The lowest BCUT2D eigenvalue weighted by atomic mass is 10.00. The number of carbonyl (C=O) groups excluding carboxylic acids is 4. The van der Waals surface area contributed by atoms with Gasteiger partial charge in [0.05, 0.1) is 25.0 Å². The number of fused-ring (bicyclic) bond motifs is 5. The zero-order valence-electron chi connectivity index (χ0n) is 24.1. The molecule has 0 radical (unpaired) electrons. The molecule has 42 heavy (non-hydrogen) atoms. The third-order valence-electron chi connectivity index (χ3n) is 7.83. The van der Waals surface area contributed by atoms with Crippen LogP contribution in [-0.2, 0) is 45.6 Å². The molecule has 2 aromatic heterocycles. The van der Waals surface area contributed by atoms with E-state index in [2.05, 4.69) is 31.4 Å². The van der Waals surface area contributed by atoms with E-state index in [0.29, 0.717) is 18.5 Å². The molecule has 222 valence electrons. The van der Waals surface area contributed by atoms with E-state index in [1.54, 1.807) is 26.7 Å². The van der Waals surface area contributed by atoms with E-state index in [4.69, 9.17) is 0 Å². The van der Waals surface area contributed by atoms with Crippen molar-refractivity contribution in [2.45, 2.75) is 70.2 Å². The van der Waals surface area contributed by atoms with Crippen LogP contribution in [0.4, 0.5) is 0 Å². The normalized spacial score (nSPS) is 23.1. The SMILES string of the molecule is CC(C)[C@@H]1NC(=O)[C@@H]2C[C@@H](CN2C(=O)CCc2cnn(C)c2)n2cc(nn2)CNC(=O)[C@@H](Cc2ccccc2)NC1=O. The van der Waals surface area contributed by atoms with E-state index < -0.39 is 29.9 Å². The van der Waals surface area contributed by atoms with Gasteiger partial charge >= 0.3 is 0 Å². The first kappa shape index (κ1) is 29.0. The molecule has 0 aliphatic carbocycles. The van der Waals surface area contributed by atoms with Gasteiger partial charge in [-0.05, 0) is 23.5 Å². The number of aromatic nitrogens is 5. The maximum Gasteiger partial charge on any atom is 0.243 e. The molecular weight excluding hydrogens is 538 g/mol. The van der Waals surface area contributed by atoms with Gasteiger partial charge in [-0.2, -0.15) is 5.10 Å². The Balaban J connectivity index is 1.40. The lowest BCUT2D eigenvalue weighted by Gasteiger charge is -2.29. The van der Waals surface area contributed by atoms with Crippen LogP contribution in [0.25, 0.3) is 0 Å². The third kappa shape index (κ3) is 6.67. The number of aryl methyl sites for hydroxylation is 2. The Hall–Kier alpha value is -4.55. The Labute approximate surface area is 244 Å². The van der Waals surface area contributed by atoms with Crippen molar-refractivity contribution in [3.05, 3.63) is 65.7 Å². The molecule has 4 heterocycles. The summed E-state index contributed by atoms with van der Waals surface area (Å²) in [6, 6.07) is 6.54. The van der Waals surface area contributed by atoms with Crippen LogP contribution in [0.3, 0.4) is 0 Å². The molecule has 3 N–H and O–H groups in total. The number of likely N-dealkylation sites (tertiary alicyclic amines) is 1. The van der Waals surface area contributed by atoms with Gasteiger partial charge in [-0.25, -0.2) is 4.68 Å². The molecule has 0 saturated carbocycles. The number of hydrogen-bond acceptors (Lipinski definition) is 7. The molecule has 13 nitrogen and oxygen atoms in total. The van der Waals surface area contributed by atoms with Gasteiger partial charge in [0.25, 0.3) is 0 Å². The summed E-state index contributed by atoms with van der Waals surface area (Å²) in [6.45, 7) is 4.05. The van der Waals surface area contributed by atoms with Crippen LogP contribution in [-0.4, -0.2) is 78.0 Å². The van der Waals surface area contributed by atoms with Gasteiger partial charge in [0.2, 0.25) is 23.6 Å². The summed E-state index contributed by atoms with van der Waals surface area (Å²) in [5.74, 6) is -1.67. The summed E-state index contributed by atoms with van der Waals surface area (Å²) in [6.07, 6.45) is 6.62. The standard InChI is InChI=1S/C29H37N9O4/c1-18(2)26-29(42)32-23(11-19-7-5-4-6-8-19)27(40)30-14-21-16-38(35-34-21)22-12-24(28(41)33-26)37(17-22)25(39)10-9-20-13-31-36(3)15-20/h4-8,13,15-16,18,22-24,26H,9-12,14,17H2,1-3H3,(H,30,40)(H,32,42)(H,33,41)/t22-,23+,24-,26-/m0/s1. The monoisotopic (exact) mass is 575 g/mol. The Kier molecular flexibility index (Phi) is 8.64. The summed E-state index contributed by atoms with van der Waals surface area (Å²) < 4.78 is 3.34. The molecule has 3 aromatic rings. The maximum absolute atomic E-state index is 13.7. The molecule has 2 aliphatic rings. The molecule has 4 amide bonds. The topological polar surface area (TPSA) is 156 Å². The number of hydrogen-bond donors (Lipinski definition) is 3. The van der Waals surface area contributed by atoms with Gasteiger partial charge in [0.1, 0.15) is 23.8 Å². The van der Waals surface area contributed by atoms with Crippen molar-refractivity contribution in [2.24, 2.45) is 13.0 Å². The van der Waals surface area contributed by atoms with Crippen molar-refractivity contribution < 1.29 is 19.2 Å². The molecule has 5 rings (SSSR count). The number of nitrogens with one attached hydrogen (secondary N) is 3. The molecule has 4 bridgehead atoms. The molecule has 1 aromatic carbocycles. The van der Waals surface area contributed by atoms with Crippen molar-refractivity contribution in [1.29, 1.82) is 0 Å². The van der Waals surface area contributed by atoms with Crippen LogP contribution in [0.15, 0.2) is 48.9 Å². The number of carbonyl (C=O) groups is 4. The second kappa shape index (κ2) is 12.5. The second-order valence-electron chi connectivity index (χ2n) is 11.4. The van der Waals surface area contributed by atoms with Crippen LogP contribution < -0.4 is 16.0 Å². The zero-order chi connectivity index (χ0) is 29.8. The average Bonchev–Trinajstić information content (AvgIpc) is 3.72. The quantitative estimate of drug-likeness (QED) is 0.381. The lowest BCUT2D eigenvalue weighted by molar-refractivity contribution is -0.140. The van der Waals surface area contributed by atoms with Crippen molar-refractivity contribution in [3.8, 4) is 0 Å². The maximum atomic E-state index is 13.7. The van der Waals surface area contributed by atoms with Crippen LogP contribution >= 0.6 is 0 Å². The highest BCUT2D eigenvalue weighted by Gasteiger charge is 2.42. The molecule has 2 aliphatic heterocycles. The Morgan fingerprint density at radius 2 is 1.81 bits per heavy atom. The predicted octanol–water partition coefficient (Wildman–Crippen LogP) is 0.285. The van der Waals surface area contributed by atoms with Gasteiger partial charge < -0.3 is 20.9 Å². The highest BCUT2D eigenvalue weighted by atomic mass is 16.2. The minimum atomic E-state index is -0.905. The minimum Gasteiger partial charge on any atom is -0.349 e. The molecule has 4 atom stereocenters. The van der Waals surface area contributed by atoms with Crippen molar-refractivity contribution in [2.75, 3.05) is 6.54 Å². The van der Waals surface area contributed by atoms with Gasteiger partial charge in [-0.3, -0.25) is 23.9 Å². The van der Waals surface area contributed by atoms with Crippen molar-refractivity contribution >= 4 is 23.6 Å². The van der Waals surface area contributed by atoms with E-state index in [0.717, 1.165) is 11.1 Å². The largest absolute Gasteiger partial charge is 0.349 e. The third-order valence-corrected chi connectivity index (χ3v) is 7.83. The van der Waals surface area contributed by atoms with Gasteiger partial charge in [0, 0.05) is 39.1 Å². The number of amides is 4. The summed E-state index contributed by atoms with van der Waals surface area (Å²) in [7, 11) is 1.82. The van der Waals surface area contributed by atoms with Crippen LogP contribution in [0.5, 0.6) is 0 Å². The number of nitrogens with zero attached hydrogens (tertiary/aromatic N) is 6. The van der Waals surface area contributed by atoms with E-state index in [1.807, 2.05) is 57.4 Å². The van der Waals surface area contributed by atoms with Gasteiger partial charge in [-0.1, -0.05) is 49.4 Å². The Morgan fingerprint density at radius 3 is 2.52 bits per heavy atom. The molecule has 1 fully saturated rings. The average molecular weight is 576 g/mol. The zero-order valence-corrected chi connectivity index (χ0v) is 24.1. The first-order valence-corrected chi connectivity index (χ1v) is 14.3. The smallest absolute Gasteiger partial charge is 0.243 e. The van der Waals surface area contributed by atoms with Gasteiger partial charge in [0.15, 0.2) is 0 Å². The highest BCUT2D eigenvalue weighted by molar-refractivity contribution is 5.94. The van der Waals surface area contributed by atoms with Crippen molar-refractivity contribution in [3.63, 3.8) is 0 Å². The van der Waals surface area contributed by atoms with E-state index in [-0.39, 0.29) is 49.7 Å². The molecule has 1 saturated heterocycles. The second-order valence-corrected chi connectivity index (χ2v) is 11.4. The molecule has 0 unspecified atom stereocenters. The lowest BCUT2D eigenvalue weighted by Crippen LogP contribution is -2.58. The molecule has 0 spiro atoms. The highest BCUT2D eigenvalue weighted by Crippen LogP contribution is 2.28. The van der Waals surface area contributed by atoms with E-state index in [9.17, 15) is 19.2 Å². The fourth-order valence-corrected chi connectivity index (χ4v) is 5.50. The summed E-state index contributed by atoms with van der Waals surface area (Å²) in [5, 5.41) is 21.2. The minimum absolute atomic E-state index is 0.120. The van der Waals surface area contributed by atoms with Crippen LogP contribution in [0, 0.1) is 5.92 Å². The fraction of sp³-hybridized carbons (Fsp3) is 0.483. The Morgan fingerprint density at radius 1 is 1.02 bits per heavy atom. The molecular formula is C29H37N9O4. The summed E-state index contributed by atoms with van der Waals surface area (Å²) >= 11 is 0. The first-order valence-electron chi connectivity index (χ1n) is 14.3. The van der Waals surface area contributed by atoms with Crippen LogP contribution in [0.2, 0.25) is 0 Å². The van der Waals surface area contributed by atoms with E-state index >= 15 is 0 Å². The van der Waals surface area contributed by atoms with E-state index in [1.165, 1.54) is 0 Å². The van der Waals surface area contributed by atoms with Crippen molar-refractivity contribution in [1.82, 2.24) is 45.6 Å². The Bertz CT molecular complexity index is 1430.